The first-order chi connectivity index (χ1) is 8.83. The molecule has 0 saturated heterocycles. The largest absolute Gasteiger partial charge is 0.458 e. The lowest BCUT2D eigenvalue weighted by Crippen LogP contribution is -2.43. The summed E-state index contributed by atoms with van der Waals surface area (Å²) in [6.07, 6.45) is -0.416. The number of ether oxygens (including phenoxy) is 2. The molecule has 0 unspecified atom stereocenters. The van der Waals surface area contributed by atoms with Gasteiger partial charge in [-0.2, -0.15) is 0 Å². The Morgan fingerprint density at radius 2 is 1.89 bits per heavy atom. The Morgan fingerprint density at radius 3 is 2.26 bits per heavy atom. The Kier molecular flexibility index (Phi) is 10.7. The number of hydrogen-bond donors (Lipinski definition) is 1. The lowest BCUT2D eigenvalue weighted by atomic mass is 10.0. The van der Waals surface area contributed by atoms with Crippen LogP contribution in [0, 0.1) is 5.92 Å². The molecule has 0 aromatic carbocycles. The molecule has 0 radical (unpaired) electrons. The van der Waals surface area contributed by atoms with Gasteiger partial charge in [-0.25, -0.2) is 0 Å². The maximum atomic E-state index is 11.8. The van der Waals surface area contributed by atoms with Crippen molar-refractivity contribution in [2.24, 2.45) is 11.7 Å². The topological polar surface area (TPSA) is 61.5 Å². The zero-order valence-electron chi connectivity index (χ0n) is 11.7. The molecule has 0 aliphatic heterocycles. The zero-order chi connectivity index (χ0) is 15.0. The van der Waals surface area contributed by atoms with Gasteiger partial charge in [0.25, 0.3) is 0 Å². The van der Waals surface area contributed by atoms with Gasteiger partial charge in [0.2, 0.25) is 0 Å². The van der Waals surface area contributed by atoms with E-state index in [1.807, 2.05) is 20.8 Å². The van der Waals surface area contributed by atoms with E-state index in [1.54, 1.807) is 0 Å². The lowest BCUT2D eigenvalue weighted by Gasteiger charge is -2.29. The lowest BCUT2D eigenvalue weighted by molar-refractivity contribution is -0.160. The van der Waals surface area contributed by atoms with E-state index in [4.69, 9.17) is 15.2 Å². The SMILES string of the molecule is C=C(C)CO[C@@H](CI)[C@H](OC(=O)[C@@H](N)CI)C(C)C. The van der Waals surface area contributed by atoms with Crippen LogP contribution in [0.25, 0.3) is 0 Å². The van der Waals surface area contributed by atoms with E-state index in [1.165, 1.54) is 0 Å². The van der Waals surface area contributed by atoms with Gasteiger partial charge in [-0.15, -0.1) is 0 Å². The first-order valence-electron chi connectivity index (χ1n) is 6.17. The van der Waals surface area contributed by atoms with Crippen molar-refractivity contribution in [3.8, 4) is 0 Å². The summed E-state index contributed by atoms with van der Waals surface area (Å²) in [5, 5.41) is 0. The molecular weight excluding hydrogens is 472 g/mol. The summed E-state index contributed by atoms with van der Waals surface area (Å²) in [5.74, 6) is -0.183. The van der Waals surface area contributed by atoms with Gasteiger partial charge in [0.05, 0.1) is 6.61 Å². The highest BCUT2D eigenvalue weighted by Gasteiger charge is 2.29. The van der Waals surface area contributed by atoms with Crippen LogP contribution in [-0.4, -0.2) is 39.7 Å². The quantitative estimate of drug-likeness (QED) is 0.232. The molecule has 19 heavy (non-hydrogen) atoms. The van der Waals surface area contributed by atoms with Crippen molar-refractivity contribution in [2.75, 3.05) is 15.5 Å². The summed E-state index contributed by atoms with van der Waals surface area (Å²) in [6.45, 7) is 10.2. The van der Waals surface area contributed by atoms with Gasteiger partial charge in [0.1, 0.15) is 18.2 Å². The van der Waals surface area contributed by atoms with E-state index in [2.05, 4.69) is 51.8 Å². The number of halogens is 2. The van der Waals surface area contributed by atoms with Gasteiger partial charge in [0.15, 0.2) is 0 Å². The van der Waals surface area contributed by atoms with Gasteiger partial charge < -0.3 is 15.2 Å². The molecule has 6 heteroatoms. The van der Waals surface area contributed by atoms with Crippen molar-refractivity contribution in [3.63, 3.8) is 0 Å². The molecule has 3 atom stereocenters. The normalized spacial score (nSPS) is 15.9. The van der Waals surface area contributed by atoms with Crippen LogP contribution in [0.4, 0.5) is 0 Å². The first-order valence-corrected chi connectivity index (χ1v) is 9.22. The minimum atomic E-state index is -0.571. The van der Waals surface area contributed by atoms with Gasteiger partial charge >= 0.3 is 5.97 Å². The fraction of sp³-hybridized carbons (Fsp3) is 0.769. The number of esters is 1. The summed E-state index contributed by atoms with van der Waals surface area (Å²) in [7, 11) is 0. The van der Waals surface area contributed by atoms with Crippen molar-refractivity contribution >= 4 is 51.2 Å². The van der Waals surface area contributed by atoms with Crippen LogP contribution in [0.15, 0.2) is 12.2 Å². The number of carbonyl (C=O) groups excluding carboxylic acids is 1. The number of nitrogens with two attached hydrogens (primary N) is 1. The fourth-order valence-corrected chi connectivity index (χ4v) is 2.52. The van der Waals surface area contributed by atoms with Gasteiger partial charge in [0, 0.05) is 8.86 Å². The summed E-state index contributed by atoms with van der Waals surface area (Å²) in [4.78, 5) is 11.8. The van der Waals surface area contributed by atoms with Gasteiger partial charge in [-0.05, 0) is 12.8 Å². The van der Waals surface area contributed by atoms with E-state index in [0.717, 1.165) is 10.0 Å². The summed E-state index contributed by atoms with van der Waals surface area (Å²) >= 11 is 4.31. The third kappa shape index (κ3) is 7.81. The second-order valence-corrected chi connectivity index (χ2v) is 6.63. The van der Waals surface area contributed by atoms with Crippen molar-refractivity contribution in [3.05, 3.63) is 12.2 Å². The molecule has 0 aliphatic carbocycles. The molecular formula is C13H23I2NO3. The highest BCUT2D eigenvalue weighted by atomic mass is 127. The van der Waals surface area contributed by atoms with Crippen LogP contribution in [0.1, 0.15) is 20.8 Å². The molecule has 0 aliphatic rings. The molecule has 0 fully saturated rings. The van der Waals surface area contributed by atoms with Crippen molar-refractivity contribution in [1.29, 1.82) is 0 Å². The van der Waals surface area contributed by atoms with Gasteiger partial charge in [-0.1, -0.05) is 71.2 Å². The number of rotatable bonds is 9. The van der Waals surface area contributed by atoms with Crippen LogP contribution >= 0.6 is 45.2 Å². The number of carbonyl (C=O) groups is 1. The minimum absolute atomic E-state index is 0.136. The van der Waals surface area contributed by atoms with E-state index >= 15 is 0 Å². The first kappa shape index (κ1) is 19.6. The highest BCUT2D eigenvalue weighted by Crippen LogP contribution is 2.18. The number of alkyl halides is 2. The second kappa shape index (κ2) is 10.3. The summed E-state index contributed by atoms with van der Waals surface area (Å²) < 4.78 is 12.6. The standard InChI is InChI=1S/C13H23I2NO3/c1-8(2)7-18-11(6-15)12(9(3)4)19-13(17)10(16)5-14/h9-12H,1,5-7,16H2,2-4H3/t10-,11-,12+/m0/s1. The predicted octanol–water partition coefficient (Wildman–Crippen LogP) is 2.71. The van der Waals surface area contributed by atoms with E-state index < -0.39 is 6.04 Å². The molecule has 0 heterocycles. The monoisotopic (exact) mass is 495 g/mol. The average molecular weight is 495 g/mol. The van der Waals surface area contributed by atoms with Crippen LogP contribution in [0.2, 0.25) is 0 Å². The Morgan fingerprint density at radius 1 is 1.32 bits per heavy atom. The molecule has 0 aromatic heterocycles. The molecule has 4 nitrogen and oxygen atoms in total. The predicted molar refractivity (Wildman–Crippen MR) is 95.0 cm³/mol. The summed E-state index contributed by atoms with van der Waals surface area (Å²) in [5.41, 5.74) is 6.64. The Hall–Kier alpha value is 0.590. The molecule has 112 valence electrons. The molecule has 2 N–H and O–H groups in total. The van der Waals surface area contributed by atoms with E-state index in [9.17, 15) is 4.79 Å². The smallest absolute Gasteiger partial charge is 0.324 e. The third-order valence-corrected chi connectivity index (χ3v) is 4.26. The average Bonchev–Trinajstić information content (AvgIpc) is 2.36. The van der Waals surface area contributed by atoms with Crippen molar-refractivity contribution in [2.45, 2.75) is 39.0 Å². The molecule has 0 rings (SSSR count). The maximum absolute atomic E-state index is 11.8. The van der Waals surface area contributed by atoms with Crippen molar-refractivity contribution < 1.29 is 14.3 Å². The minimum Gasteiger partial charge on any atom is -0.458 e. The Balaban J connectivity index is 4.67. The Bertz CT molecular complexity index is 298. The van der Waals surface area contributed by atoms with Crippen molar-refractivity contribution in [1.82, 2.24) is 0 Å². The fourth-order valence-electron chi connectivity index (χ4n) is 1.40. The molecule has 0 amide bonds. The zero-order valence-corrected chi connectivity index (χ0v) is 16.0. The van der Waals surface area contributed by atoms with Crippen LogP contribution < -0.4 is 5.73 Å². The van der Waals surface area contributed by atoms with E-state index in [-0.39, 0.29) is 24.1 Å². The molecule has 0 saturated carbocycles. The molecule has 0 spiro atoms. The van der Waals surface area contributed by atoms with E-state index in [0.29, 0.717) is 11.0 Å². The Labute approximate surface area is 143 Å². The van der Waals surface area contributed by atoms with Crippen LogP contribution in [-0.2, 0) is 14.3 Å². The maximum Gasteiger partial charge on any atom is 0.324 e. The molecule has 0 aromatic rings. The summed E-state index contributed by atoms with van der Waals surface area (Å²) in [6, 6.07) is -0.571. The third-order valence-electron chi connectivity index (χ3n) is 2.44. The van der Waals surface area contributed by atoms with Gasteiger partial charge in [-0.3, -0.25) is 4.79 Å². The number of hydrogen-bond acceptors (Lipinski definition) is 4. The highest BCUT2D eigenvalue weighted by molar-refractivity contribution is 14.1. The second-order valence-electron chi connectivity index (χ2n) is 4.87. The van der Waals surface area contributed by atoms with Crippen LogP contribution in [0.3, 0.4) is 0 Å². The van der Waals surface area contributed by atoms with Crippen LogP contribution in [0.5, 0.6) is 0 Å². The molecule has 0 bridgehead atoms.